The molecule has 2 aliphatic heterocycles. The van der Waals surface area contributed by atoms with E-state index in [4.69, 9.17) is 5.73 Å². The Morgan fingerprint density at radius 1 is 1.18 bits per heavy atom. The van der Waals surface area contributed by atoms with Gasteiger partial charge in [-0.1, -0.05) is 30.0 Å². The molecule has 0 bridgehead atoms. The number of aliphatic imine (C=N–C) groups is 1. The minimum absolute atomic E-state index is 0. The van der Waals surface area contributed by atoms with Crippen molar-refractivity contribution in [2.75, 3.05) is 6.54 Å². The summed E-state index contributed by atoms with van der Waals surface area (Å²) in [6.45, 7) is 0.551. The molecule has 3 heterocycles. The number of halogens is 2. The van der Waals surface area contributed by atoms with E-state index >= 15 is 0 Å². The van der Waals surface area contributed by atoms with Crippen LogP contribution in [0.15, 0.2) is 60.0 Å². The van der Waals surface area contributed by atoms with Crippen LogP contribution in [-0.2, 0) is 0 Å². The van der Waals surface area contributed by atoms with E-state index in [2.05, 4.69) is 57.3 Å². The molecule has 2 aliphatic rings. The highest BCUT2D eigenvalue weighted by molar-refractivity contribution is 9.11. The zero-order valence-electron chi connectivity index (χ0n) is 11.4. The van der Waals surface area contributed by atoms with Crippen LogP contribution >= 0.6 is 51.4 Å². The molecule has 0 amide bonds. The molecule has 4 rings (SSSR count). The average molecular weight is 412 g/mol. The van der Waals surface area contributed by atoms with Crippen molar-refractivity contribution in [2.24, 2.45) is 10.7 Å². The molecule has 6 heteroatoms. The molecule has 1 aromatic carbocycles. The fraction of sp³-hybridized carbons (Fsp3) is 0.0625. The van der Waals surface area contributed by atoms with Crippen molar-refractivity contribution >= 4 is 68.8 Å². The van der Waals surface area contributed by atoms with Crippen molar-refractivity contribution < 1.29 is 0 Å². The largest absolute Gasteiger partial charge is 0.400 e. The number of fused-ring (bicyclic) bond motifs is 5. The van der Waals surface area contributed by atoms with Gasteiger partial charge in [-0.15, -0.1) is 23.7 Å². The first kappa shape index (κ1) is 15.9. The Balaban J connectivity index is 0.00000144. The highest BCUT2D eigenvalue weighted by atomic mass is 79.9. The third-order valence-corrected chi connectivity index (χ3v) is 6.43. The number of rotatable bonds is 0. The lowest BCUT2D eigenvalue weighted by Crippen LogP contribution is -2.05. The van der Waals surface area contributed by atoms with Crippen molar-refractivity contribution in [1.82, 2.24) is 0 Å². The number of hydrogen-bond acceptors (Lipinski definition) is 4. The van der Waals surface area contributed by atoms with Crippen LogP contribution in [0.3, 0.4) is 0 Å². The SMILES string of the molecule is Cl.NC1=C2C(=CC=NC1)c1ccccc1Sc1sc(Br)cc12. The van der Waals surface area contributed by atoms with Gasteiger partial charge in [-0.2, -0.15) is 0 Å². The minimum Gasteiger partial charge on any atom is -0.400 e. The Morgan fingerprint density at radius 3 is 2.86 bits per heavy atom. The standard InChI is InChI=1S/C16H11BrN2S2.ClH/c17-14-7-11-15-10(5-6-19-8-12(15)18)9-3-1-2-4-13(9)20-16(11)21-14;/h1-7H,8,18H2;1H. The Bertz CT molecular complexity index is 836. The predicted octanol–water partition coefficient (Wildman–Crippen LogP) is 5.23. The second-order valence-corrected chi connectivity index (χ2v) is 8.56. The lowest BCUT2D eigenvalue weighted by atomic mass is 9.92. The molecule has 2 nitrogen and oxygen atoms in total. The maximum atomic E-state index is 6.35. The highest BCUT2D eigenvalue weighted by Crippen LogP contribution is 2.51. The van der Waals surface area contributed by atoms with E-state index in [1.54, 1.807) is 11.3 Å². The molecule has 22 heavy (non-hydrogen) atoms. The number of benzene rings is 1. The van der Waals surface area contributed by atoms with E-state index in [0.29, 0.717) is 6.54 Å². The summed E-state index contributed by atoms with van der Waals surface area (Å²) in [4.78, 5) is 5.62. The van der Waals surface area contributed by atoms with Crippen LogP contribution in [0.2, 0.25) is 0 Å². The highest BCUT2D eigenvalue weighted by Gasteiger charge is 2.26. The zero-order valence-corrected chi connectivity index (χ0v) is 15.4. The maximum Gasteiger partial charge on any atom is 0.0790 e. The first-order valence-corrected chi connectivity index (χ1v) is 8.92. The number of thiophene rings is 1. The summed E-state index contributed by atoms with van der Waals surface area (Å²) >= 11 is 7.17. The van der Waals surface area contributed by atoms with Crippen LogP contribution in [0.25, 0.3) is 11.1 Å². The van der Waals surface area contributed by atoms with E-state index in [-0.39, 0.29) is 12.4 Å². The molecule has 0 saturated carbocycles. The van der Waals surface area contributed by atoms with E-state index < -0.39 is 0 Å². The summed E-state index contributed by atoms with van der Waals surface area (Å²) in [5.41, 5.74) is 11.9. The summed E-state index contributed by atoms with van der Waals surface area (Å²) in [5.74, 6) is 0. The molecule has 2 N–H and O–H groups in total. The lowest BCUT2D eigenvalue weighted by Gasteiger charge is -2.12. The monoisotopic (exact) mass is 410 g/mol. The van der Waals surface area contributed by atoms with E-state index in [0.717, 1.165) is 15.1 Å². The molecule has 0 unspecified atom stereocenters. The van der Waals surface area contributed by atoms with Gasteiger partial charge in [0.05, 0.1) is 14.5 Å². The molecule has 112 valence electrons. The van der Waals surface area contributed by atoms with Gasteiger partial charge in [-0.05, 0) is 45.3 Å². The van der Waals surface area contributed by atoms with Gasteiger partial charge in [-0.25, -0.2) is 0 Å². The molecule has 0 atom stereocenters. The van der Waals surface area contributed by atoms with Gasteiger partial charge in [0, 0.05) is 27.9 Å². The third-order valence-electron chi connectivity index (χ3n) is 3.52. The summed E-state index contributed by atoms with van der Waals surface area (Å²) < 4.78 is 2.40. The third kappa shape index (κ3) is 2.56. The summed E-state index contributed by atoms with van der Waals surface area (Å²) in [6, 6.07) is 10.6. The lowest BCUT2D eigenvalue weighted by molar-refractivity contribution is 1.12. The Kier molecular flexibility index (Phi) is 4.50. The number of nitrogens with zero attached hydrogens (tertiary/aromatic N) is 1. The van der Waals surface area contributed by atoms with Crippen molar-refractivity contribution in [3.05, 3.63) is 57.0 Å². The van der Waals surface area contributed by atoms with Gasteiger partial charge < -0.3 is 5.73 Å². The van der Waals surface area contributed by atoms with Crippen molar-refractivity contribution in [3.63, 3.8) is 0 Å². The van der Waals surface area contributed by atoms with Crippen LogP contribution in [0.4, 0.5) is 0 Å². The molecule has 0 aliphatic carbocycles. The van der Waals surface area contributed by atoms with Crippen molar-refractivity contribution in [1.29, 1.82) is 0 Å². The van der Waals surface area contributed by atoms with Crippen LogP contribution < -0.4 is 5.73 Å². The fourth-order valence-corrected chi connectivity index (χ4v) is 5.90. The molecular weight excluding hydrogens is 400 g/mol. The van der Waals surface area contributed by atoms with Crippen molar-refractivity contribution in [2.45, 2.75) is 9.10 Å². The molecule has 0 fully saturated rings. The van der Waals surface area contributed by atoms with Crippen molar-refractivity contribution in [3.8, 4) is 0 Å². The first-order chi connectivity index (χ1) is 10.2. The normalized spacial score (nSPS) is 15.8. The molecule has 2 aromatic rings. The van der Waals surface area contributed by atoms with Gasteiger partial charge in [0.1, 0.15) is 0 Å². The zero-order chi connectivity index (χ0) is 14.4. The Morgan fingerprint density at radius 2 is 2.00 bits per heavy atom. The van der Waals surface area contributed by atoms with Crippen LogP contribution in [0, 0.1) is 0 Å². The fourth-order valence-electron chi connectivity index (χ4n) is 2.63. The number of allylic oxidation sites excluding steroid dienone is 3. The van der Waals surface area contributed by atoms with E-state index in [1.807, 2.05) is 18.0 Å². The predicted molar refractivity (Wildman–Crippen MR) is 102 cm³/mol. The second-order valence-electron chi connectivity index (χ2n) is 4.82. The van der Waals surface area contributed by atoms with Gasteiger partial charge in [0.25, 0.3) is 0 Å². The number of nitrogens with two attached hydrogens (primary N) is 1. The summed E-state index contributed by atoms with van der Waals surface area (Å²) in [6.07, 6.45) is 3.94. The van der Waals surface area contributed by atoms with Gasteiger partial charge in [-0.3, -0.25) is 4.99 Å². The van der Waals surface area contributed by atoms with Crippen LogP contribution in [0.5, 0.6) is 0 Å². The van der Waals surface area contributed by atoms with Gasteiger partial charge in [0.2, 0.25) is 0 Å². The van der Waals surface area contributed by atoms with Gasteiger partial charge >= 0.3 is 0 Å². The Hall–Kier alpha value is -1.01. The molecular formula is C16H12BrClN2S2. The number of hydrogen-bond donors (Lipinski definition) is 1. The molecule has 0 radical (unpaired) electrons. The van der Waals surface area contributed by atoms with E-state index in [9.17, 15) is 0 Å². The van der Waals surface area contributed by atoms with E-state index in [1.165, 1.54) is 25.8 Å². The smallest absolute Gasteiger partial charge is 0.0790 e. The molecule has 0 spiro atoms. The minimum atomic E-state index is 0. The summed E-state index contributed by atoms with van der Waals surface area (Å²) in [7, 11) is 0. The topological polar surface area (TPSA) is 38.4 Å². The quantitative estimate of drug-likeness (QED) is 0.644. The Labute approximate surface area is 151 Å². The second kappa shape index (κ2) is 6.24. The van der Waals surface area contributed by atoms with Gasteiger partial charge in [0.15, 0.2) is 0 Å². The molecule has 0 saturated heterocycles. The maximum absolute atomic E-state index is 6.35. The van der Waals surface area contributed by atoms with Crippen LogP contribution in [-0.4, -0.2) is 12.8 Å². The van der Waals surface area contributed by atoms with Crippen LogP contribution in [0.1, 0.15) is 11.1 Å². The first-order valence-electron chi connectivity index (χ1n) is 6.50. The summed E-state index contributed by atoms with van der Waals surface area (Å²) in [5, 5.41) is 0. The average Bonchev–Trinajstić information content (AvgIpc) is 2.66. The molecule has 1 aromatic heterocycles.